The van der Waals surface area contributed by atoms with Crippen molar-refractivity contribution < 1.29 is 23.8 Å². The molecule has 0 radical (unpaired) electrons. The average Bonchev–Trinajstić information content (AvgIpc) is 3.29. The van der Waals surface area contributed by atoms with E-state index in [2.05, 4.69) is 6.58 Å². The van der Waals surface area contributed by atoms with Crippen LogP contribution in [-0.4, -0.2) is 48.6 Å². The quantitative estimate of drug-likeness (QED) is 0.455. The van der Waals surface area contributed by atoms with Crippen molar-refractivity contribution in [2.45, 2.75) is 30.2 Å². The summed E-state index contributed by atoms with van der Waals surface area (Å²) in [5, 5.41) is -0.872. The van der Waals surface area contributed by atoms with Gasteiger partial charge in [0.2, 0.25) is 12.7 Å². The zero-order valence-electron chi connectivity index (χ0n) is 13.9. The lowest BCUT2D eigenvalue weighted by atomic mass is 9.94. The summed E-state index contributed by atoms with van der Waals surface area (Å²) in [5.74, 6) is 0.163. The molecule has 7 heteroatoms. The molecule has 6 nitrogen and oxygen atoms in total. The van der Waals surface area contributed by atoms with E-state index in [1.807, 2.05) is 6.07 Å². The Labute approximate surface area is 151 Å². The van der Waals surface area contributed by atoms with E-state index in [0.29, 0.717) is 24.5 Å². The van der Waals surface area contributed by atoms with Crippen molar-refractivity contribution in [2.24, 2.45) is 0 Å². The van der Waals surface area contributed by atoms with Crippen LogP contribution in [-0.2, 0) is 14.3 Å². The number of likely N-dealkylation sites (tertiary alicyclic amines) is 1. The molecule has 2 unspecified atom stereocenters. The number of alkyl halides is 1. The summed E-state index contributed by atoms with van der Waals surface area (Å²) in [4.78, 5) is 26.3. The molecule has 1 fully saturated rings. The van der Waals surface area contributed by atoms with E-state index < -0.39 is 23.3 Å². The molecule has 0 aromatic heterocycles. The predicted molar refractivity (Wildman–Crippen MR) is 91.9 cm³/mol. The maximum absolute atomic E-state index is 12.9. The van der Waals surface area contributed by atoms with E-state index in [9.17, 15) is 9.59 Å². The number of amides is 1. The van der Waals surface area contributed by atoms with Crippen LogP contribution in [0.2, 0.25) is 0 Å². The van der Waals surface area contributed by atoms with Gasteiger partial charge in [-0.3, -0.25) is 4.79 Å². The van der Waals surface area contributed by atoms with Gasteiger partial charge < -0.3 is 19.1 Å². The maximum Gasteiger partial charge on any atom is 0.328 e. The van der Waals surface area contributed by atoms with Crippen molar-refractivity contribution in [3.63, 3.8) is 0 Å². The number of carbonyl (C=O) groups is 2. The molecule has 2 aliphatic rings. The summed E-state index contributed by atoms with van der Waals surface area (Å²) < 4.78 is 15.5. The number of halogens is 1. The van der Waals surface area contributed by atoms with Crippen LogP contribution in [0.15, 0.2) is 30.9 Å². The van der Waals surface area contributed by atoms with Crippen LogP contribution in [0.5, 0.6) is 11.5 Å². The third-order valence-electron chi connectivity index (χ3n) is 4.60. The van der Waals surface area contributed by atoms with Gasteiger partial charge >= 0.3 is 5.97 Å². The molecule has 134 valence electrons. The number of ether oxygens (including phenoxy) is 3. The number of benzene rings is 1. The largest absolute Gasteiger partial charge is 0.467 e. The number of hydrogen-bond donors (Lipinski definition) is 0. The fourth-order valence-electron chi connectivity index (χ4n) is 3.27. The molecule has 0 spiro atoms. The van der Waals surface area contributed by atoms with Gasteiger partial charge in [0, 0.05) is 12.5 Å². The van der Waals surface area contributed by atoms with E-state index >= 15 is 0 Å². The minimum absolute atomic E-state index is 0.176. The van der Waals surface area contributed by atoms with Gasteiger partial charge in [0.1, 0.15) is 11.4 Å². The zero-order valence-corrected chi connectivity index (χ0v) is 14.7. The van der Waals surface area contributed by atoms with E-state index in [0.717, 1.165) is 12.0 Å². The third kappa shape index (κ3) is 3.31. The maximum atomic E-state index is 12.9. The van der Waals surface area contributed by atoms with Crippen LogP contribution in [0.4, 0.5) is 0 Å². The first kappa shape index (κ1) is 17.6. The lowest BCUT2D eigenvalue weighted by Crippen LogP contribution is -2.45. The van der Waals surface area contributed by atoms with Crippen LogP contribution < -0.4 is 9.47 Å². The van der Waals surface area contributed by atoms with E-state index in [1.165, 1.54) is 12.0 Å². The van der Waals surface area contributed by atoms with Crippen molar-refractivity contribution in [2.75, 3.05) is 20.4 Å². The molecule has 3 atom stereocenters. The molecule has 0 N–H and O–H groups in total. The molecule has 1 aromatic rings. The second-order valence-electron chi connectivity index (χ2n) is 5.99. The van der Waals surface area contributed by atoms with Crippen molar-refractivity contribution in [1.82, 2.24) is 4.90 Å². The first-order valence-corrected chi connectivity index (χ1v) is 8.55. The Bertz CT molecular complexity index is 692. The van der Waals surface area contributed by atoms with Crippen LogP contribution >= 0.6 is 11.6 Å². The zero-order chi connectivity index (χ0) is 18.0. The van der Waals surface area contributed by atoms with Gasteiger partial charge in [-0.1, -0.05) is 12.1 Å². The van der Waals surface area contributed by atoms with Crippen LogP contribution in [0.1, 0.15) is 24.3 Å². The molecule has 3 rings (SSSR count). The SMILES string of the molecule is C=CC(c1ccc2c(c1)OCO2)C(Cl)C(=O)N1CCC[C@H]1C(=O)OC. The molecule has 0 aliphatic carbocycles. The Morgan fingerprint density at radius 2 is 2.16 bits per heavy atom. The highest BCUT2D eigenvalue weighted by molar-refractivity contribution is 6.31. The lowest BCUT2D eigenvalue weighted by Gasteiger charge is -2.27. The van der Waals surface area contributed by atoms with E-state index in [-0.39, 0.29) is 12.7 Å². The summed E-state index contributed by atoms with van der Waals surface area (Å²) in [7, 11) is 1.32. The molecule has 25 heavy (non-hydrogen) atoms. The predicted octanol–water partition coefficient (Wildman–Crippen LogP) is 2.46. The fraction of sp³-hybridized carbons (Fsp3) is 0.444. The van der Waals surface area contributed by atoms with Gasteiger partial charge in [0.05, 0.1) is 7.11 Å². The minimum Gasteiger partial charge on any atom is -0.467 e. The Balaban J connectivity index is 1.80. The lowest BCUT2D eigenvalue weighted by molar-refractivity contribution is -0.150. The second-order valence-corrected chi connectivity index (χ2v) is 6.46. The fourth-order valence-corrected chi connectivity index (χ4v) is 3.64. The van der Waals surface area contributed by atoms with Gasteiger partial charge in [-0.15, -0.1) is 18.2 Å². The molecule has 2 aliphatic heterocycles. The van der Waals surface area contributed by atoms with Crippen molar-refractivity contribution in [1.29, 1.82) is 0 Å². The van der Waals surface area contributed by atoms with E-state index in [4.69, 9.17) is 25.8 Å². The Hall–Kier alpha value is -2.21. The summed E-state index contributed by atoms with van der Waals surface area (Å²) in [6.07, 6.45) is 2.97. The number of methoxy groups -OCH3 is 1. The molecule has 0 saturated carbocycles. The Kier molecular flexibility index (Phi) is 5.18. The molecule has 1 saturated heterocycles. The van der Waals surface area contributed by atoms with Crippen molar-refractivity contribution in [3.8, 4) is 11.5 Å². The minimum atomic E-state index is -0.872. The first-order valence-electron chi connectivity index (χ1n) is 8.11. The molecular formula is C18H20ClNO5. The second kappa shape index (κ2) is 7.35. The average molecular weight is 366 g/mol. The Morgan fingerprint density at radius 3 is 2.88 bits per heavy atom. The third-order valence-corrected chi connectivity index (χ3v) is 5.05. The molecule has 1 amide bonds. The smallest absolute Gasteiger partial charge is 0.328 e. The van der Waals surface area contributed by atoms with Gasteiger partial charge in [-0.2, -0.15) is 0 Å². The number of allylic oxidation sites excluding steroid dienone is 1. The van der Waals surface area contributed by atoms with E-state index in [1.54, 1.807) is 18.2 Å². The van der Waals surface area contributed by atoms with Gasteiger partial charge in [0.15, 0.2) is 11.5 Å². The standard InChI is InChI=1S/C18H20ClNO5/c1-3-12(11-6-7-14-15(9-11)25-10-24-14)16(19)17(21)20-8-4-5-13(20)18(22)23-2/h3,6-7,9,12-13,16H,1,4-5,8,10H2,2H3/t12?,13-,16?/m0/s1. The van der Waals surface area contributed by atoms with Crippen molar-refractivity contribution in [3.05, 3.63) is 36.4 Å². The summed E-state index contributed by atoms with van der Waals surface area (Å²) >= 11 is 6.49. The normalized spacial score (nSPS) is 20.9. The summed E-state index contributed by atoms with van der Waals surface area (Å²) in [6.45, 7) is 4.48. The first-order chi connectivity index (χ1) is 12.1. The molecule has 1 aromatic carbocycles. The summed E-state index contributed by atoms with van der Waals surface area (Å²) in [6, 6.07) is 4.86. The number of rotatable bonds is 5. The number of hydrogen-bond acceptors (Lipinski definition) is 5. The van der Waals surface area contributed by atoms with Crippen LogP contribution in [0.25, 0.3) is 0 Å². The van der Waals surface area contributed by atoms with Crippen molar-refractivity contribution >= 4 is 23.5 Å². The van der Waals surface area contributed by atoms with Gasteiger partial charge in [-0.05, 0) is 30.5 Å². The topological polar surface area (TPSA) is 65.1 Å². The van der Waals surface area contributed by atoms with Crippen LogP contribution in [0.3, 0.4) is 0 Å². The molecule has 2 heterocycles. The van der Waals surface area contributed by atoms with Gasteiger partial charge in [0.25, 0.3) is 0 Å². The summed E-state index contributed by atoms with van der Waals surface area (Å²) in [5.41, 5.74) is 0.807. The Morgan fingerprint density at radius 1 is 1.40 bits per heavy atom. The van der Waals surface area contributed by atoms with Crippen LogP contribution in [0, 0.1) is 0 Å². The number of carbonyl (C=O) groups excluding carboxylic acids is 2. The highest BCUT2D eigenvalue weighted by atomic mass is 35.5. The number of nitrogens with zero attached hydrogens (tertiary/aromatic N) is 1. The monoisotopic (exact) mass is 365 g/mol. The number of fused-ring (bicyclic) bond motifs is 1. The molecule has 0 bridgehead atoms. The highest BCUT2D eigenvalue weighted by Crippen LogP contribution is 2.37. The number of esters is 1. The highest BCUT2D eigenvalue weighted by Gasteiger charge is 2.39. The molecular weight excluding hydrogens is 346 g/mol. The van der Waals surface area contributed by atoms with Gasteiger partial charge in [-0.25, -0.2) is 4.79 Å².